The van der Waals surface area contributed by atoms with Gasteiger partial charge in [-0.2, -0.15) is 0 Å². The molecule has 3 aliphatic rings. The maximum atomic E-state index is 7.91. The molecule has 0 unspecified atom stereocenters. The molecule has 3 saturated heterocycles. The molecular formula is C70H110O8S2Si4. The second-order valence-electron chi connectivity index (χ2n) is 30.1. The Bertz CT molecular complexity index is 2560. The summed E-state index contributed by atoms with van der Waals surface area (Å²) in [6, 6.07) is 45.1. The van der Waals surface area contributed by atoms with Crippen LogP contribution in [0, 0.1) is 5.41 Å². The summed E-state index contributed by atoms with van der Waals surface area (Å²) in [5, 5.41) is 4.94. The van der Waals surface area contributed by atoms with Gasteiger partial charge >= 0.3 is 0 Å². The van der Waals surface area contributed by atoms with Gasteiger partial charge in [-0.05, 0) is 119 Å². The number of benzene rings is 4. The molecule has 0 radical (unpaired) electrons. The van der Waals surface area contributed by atoms with Crippen molar-refractivity contribution in [3.8, 4) is 0 Å². The van der Waals surface area contributed by atoms with E-state index < -0.39 is 38.8 Å². The van der Waals surface area contributed by atoms with Gasteiger partial charge in [0.1, 0.15) is 6.79 Å². The molecule has 5 atom stereocenters. The normalized spacial score (nSPS) is 22.2. The van der Waals surface area contributed by atoms with Crippen LogP contribution in [0.3, 0.4) is 0 Å². The fourth-order valence-electron chi connectivity index (χ4n) is 12.9. The Labute approximate surface area is 523 Å². The standard InChI is InChI=1S/C70H110O8S2Si4/c1-65(2,3)82(17,18)78-64(51-57-50-56(76-69(12,13)77-57)41-43-74-84(67(7,8)9,62-36-27-21-28-37-62)63-38-29-22-30-39-63)68(10,11)70(79-45-31-46-80-70)52-58-48-55(49-59(75-58)53-72-54-71-44-47-81(14,15)16)40-42-73-83(66(4,5)6,60-32-23-19-24-33-60)61-34-25-20-26-35-61/h19-30,32-40,56-59,64H,31,41-54H2,1-18H3/b55-40+/t56-,57-,58+,59-,64+/m1/s1. The fourth-order valence-corrected chi connectivity index (χ4v) is 28.1. The van der Waals surface area contributed by atoms with Crippen LogP contribution in [0.15, 0.2) is 133 Å². The molecule has 466 valence electrons. The molecule has 0 amide bonds. The Morgan fingerprint density at radius 1 is 0.583 bits per heavy atom. The van der Waals surface area contributed by atoms with Crippen LogP contribution in [-0.2, 0) is 37.0 Å². The third-order valence-corrected chi connectivity index (χ3v) is 38.7. The molecule has 4 aromatic carbocycles. The first kappa shape index (κ1) is 69.3. The zero-order valence-electron chi connectivity index (χ0n) is 55.2. The van der Waals surface area contributed by atoms with Crippen LogP contribution in [0.5, 0.6) is 0 Å². The molecule has 0 spiro atoms. The summed E-state index contributed by atoms with van der Waals surface area (Å²) in [6.07, 6.45) is 8.04. The van der Waals surface area contributed by atoms with Gasteiger partial charge in [-0.25, -0.2) is 0 Å². The Morgan fingerprint density at radius 2 is 1.06 bits per heavy atom. The van der Waals surface area contributed by atoms with E-state index in [9.17, 15) is 0 Å². The van der Waals surface area contributed by atoms with Crippen LogP contribution in [0.1, 0.15) is 135 Å². The van der Waals surface area contributed by atoms with E-state index >= 15 is 0 Å². The number of thioether (sulfide) groups is 2. The van der Waals surface area contributed by atoms with Crippen molar-refractivity contribution < 1.29 is 37.0 Å². The molecular weight excluding hydrogens is 1150 g/mol. The van der Waals surface area contributed by atoms with Crippen LogP contribution < -0.4 is 20.7 Å². The van der Waals surface area contributed by atoms with Crippen molar-refractivity contribution in [1.29, 1.82) is 0 Å². The minimum absolute atomic E-state index is 0.00624. The Kier molecular flexibility index (Phi) is 23.8. The number of hydrogen-bond acceptors (Lipinski definition) is 10. The van der Waals surface area contributed by atoms with Gasteiger partial charge in [-0.1, -0.05) is 229 Å². The van der Waals surface area contributed by atoms with Gasteiger partial charge in [0.2, 0.25) is 0 Å². The van der Waals surface area contributed by atoms with Gasteiger partial charge in [-0.3, -0.25) is 0 Å². The fraction of sp³-hybridized carbons (Fsp3) is 0.629. The predicted octanol–water partition coefficient (Wildman–Crippen LogP) is 16.0. The molecule has 3 heterocycles. The highest BCUT2D eigenvalue weighted by molar-refractivity contribution is 8.18. The lowest BCUT2D eigenvalue weighted by Crippen LogP contribution is -2.66. The Hall–Kier alpha value is -2.13. The molecule has 14 heteroatoms. The first-order chi connectivity index (χ1) is 39.3. The van der Waals surface area contributed by atoms with E-state index in [1.54, 1.807) is 0 Å². The van der Waals surface area contributed by atoms with Crippen LogP contribution in [0.2, 0.25) is 53.9 Å². The van der Waals surface area contributed by atoms with Crippen LogP contribution in [0.25, 0.3) is 0 Å². The summed E-state index contributed by atoms with van der Waals surface area (Å²) in [6.45, 7) is 45.1. The summed E-state index contributed by atoms with van der Waals surface area (Å²) in [5.41, 5.74) is 1.08. The lowest BCUT2D eigenvalue weighted by Gasteiger charge is -2.56. The number of ether oxygens (including phenoxy) is 5. The van der Waals surface area contributed by atoms with E-state index in [4.69, 9.17) is 37.0 Å². The topological polar surface area (TPSA) is 73.8 Å². The number of rotatable bonds is 26. The second-order valence-corrected chi connectivity index (χ2v) is 52.1. The molecule has 0 saturated carbocycles. The van der Waals surface area contributed by atoms with Crippen molar-refractivity contribution in [2.45, 2.75) is 229 Å². The summed E-state index contributed by atoms with van der Waals surface area (Å²) in [5.74, 6) is 1.42. The first-order valence-electron chi connectivity index (χ1n) is 31.6. The van der Waals surface area contributed by atoms with E-state index in [2.05, 4.69) is 274 Å². The van der Waals surface area contributed by atoms with E-state index in [1.165, 1.54) is 32.7 Å². The molecule has 0 bridgehead atoms. The Balaban J connectivity index is 1.18. The molecule has 3 aliphatic heterocycles. The molecule has 7 rings (SSSR count). The van der Waals surface area contributed by atoms with Crippen molar-refractivity contribution in [3.63, 3.8) is 0 Å². The maximum Gasteiger partial charge on any atom is 0.261 e. The van der Waals surface area contributed by atoms with Crippen molar-refractivity contribution in [2.75, 3.05) is 44.7 Å². The SMILES string of the molecule is CC1(C)O[C@H](CCO[Si](c2ccccc2)(c2ccccc2)C(C)(C)C)C[C@H](C[C@H](O[Si](C)(C)C(C)(C)C)C(C)(C)C2(C[C@@H]3C/C(=C\CO[Si](c4ccccc4)(c4ccccc4)C(C)(C)C)C[C@H](COCOCC[Si](C)(C)C)O3)SCCCS2)O1. The third kappa shape index (κ3) is 17.2. The quantitative estimate of drug-likeness (QED) is 0.0263. The predicted molar refractivity (Wildman–Crippen MR) is 368 cm³/mol. The molecule has 0 aliphatic carbocycles. The van der Waals surface area contributed by atoms with Crippen molar-refractivity contribution >= 4 is 77.3 Å². The first-order valence-corrected chi connectivity index (χ1v) is 44.0. The summed E-state index contributed by atoms with van der Waals surface area (Å²) >= 11 is 4.30. The largest absolute Gasteiger partial charge is 0.413 e. The third-order valence-electron chi connectivity index (χ3n) is 18.5. The zero-order chi connectivity index (χ0) is 61.3. The average Bonchev–Trinajstić information content (AvgIpc) is 2.73. The minimum Gasteiger partial charge on any atom is -0.413 e. The average molecular weight is 1260 g/mol. The lowest BCUT2D eigenvalue weighted by atomic mass is 9.76. The van der Waals surface area contributed by atoms with E-state index in [0.29, 0.717) is 19.8 Å². The highest BCUT2D eigenvalue weighted by atomic mass is 32.2. The maximum absolute atomic E-state index is 7.91. The summed E-state index contributed by atoms with van der Waals surface area (Å²) < 4.78 is 56.5. The van der Waals surface area contributed by atoms with Crippen LogP contribution in [0.4, 0.5) is 0 Å². The second kappa shape index (κ2) is 28.8. The molecule has 3 fully saturated rings. The van der Waals surface area contributed by atoms with E-state index in [0.717, 1.165) is 62.7 Å². The smallest absolute Gasteiger partial charge is 0.261 e. The zero-order valence-corrected chi connectivity index (χ0v) is 60.8. The van der Waals surface area contributed by atoms with Crippen molar-refractivity contribution in [1.82, 2.24) is 0 Å². The van der Waals surface area contributed by atoms with Gasteiger partial charge < -0.3 is 37.0 Å². The summed E-state index contributed by atoms with van der Waals surface area (Å²) in [4.78, 5) is 0. The lowest BCUT2D eigenvalue weighted by molar-refractivity contribution is -0.305. The van der Waals surface area contributed by atoms with Gasteiger partial charge in [0, 0.05) is 33.1 Å². The Morgan fingerprint density at radius 3 is 1.54 bits per heavy atom. The highest BCUT2D eigenvalue weighted by Crippen LogP contribution is 2.60. The van der Waals surface area contributed by atoms with Gasteiger partial charge in [-0.15, -0.1) is 23.5 Å². The summed E-state index contributed by atoms with van der Waals surface area (Å²) in [7, 11) is -9.08. The molecule has 4 aromatic rings. The van der Waals surface area contributed by atoms with E-state index in [-0.39, 0.29) is 61.9 Å². The van der Waals surface area contributed by atoms with E-state index in [1.807, 2.05) is 0 Å². The van der Waals surface area contributed by atoms with Gasteiger partial charge in [0.15, 0.2) is 14.1 Å². The highest BCUT2D eigenvalue weighted by Gasteiger charge is 2.57. The molecule has 0 aromatic heterocycles. The monoisotopic (exact) mass is 1250 g/mol. The molecule has 0 N–H and O–H groups in total. The number of hydrogen-bond donors (Lipinski definition) is 0. The van der Waals surface area contributed by atoms with Gasteiger partial charge in [0.05, 0.1) is 47.8 Å². The molecule has 84 heavy (non-hydrogen) atoms. The van der Waals surface area contributed by atoms with Crippen LogP contribution in [-0.4, -0.2) is 118 Å². The molecule has 8 nitrogen and oxygen atoms in total. The van der Waals surface area contributed by atoms with Crippen LogP contribution >= 0.6 is 23.5 Å². The minimum atomic E-state index is -2.77. The van der Waals surface area contributed by atoms with Crippen molar-refractivity contribution in [2.24, 2.45) is 5.41 Å². The van der Waals surface area contributed by atoms with Crippen molar-refractivity contribution in [3.05, 3.63) is 133 Å². The van der Waals surface area contributed by atoms with Gasteiger partial charge in [0.25, 0.3) is 16.6 Å².